The lowest BCUT2D eigenvalue weighted by Crippen LogP contribution is -2.44. The predicted molar refractivity (Wildman–Crippen MR) is 135 cm³/mol. The Kier molecular flexibility index (Phi) is 6.46. The van der Waals surface area contributed by atoms with Crippen LogP contribution in [0.2, 0.25) is 0 Å². The standard InChI is InChI=1S/C27H29N3O3S/c1-19-15-23(28-12-5-2-6-13-28)10-9-21(19)16-24-26(32)30(27(33)34-24)18-25(31)29-14-11-20-7-3-4-8-22(20)17-29/h3-4,7-10,15-16H,2,5-6,11-14,17-18H2,1H3. The van der Waals surface area contributed by atoms with Crippen LogP contribution >= 0.6 is 11.8 Å². The van der Waals surface area contributed by atoms with Gasteiger partial charge >= 0.3 is 0 Å². The third kappa shape index (κ3) is 4.62. The van der Waals surface area contributed by atoms with Crippen LogP contribution in [-0.4, -0.2) is 53.0 Å². The summed E-state index contributed by atoms with van der Waals surface area (Å²) in [5, 5.41) is -0.385. The fraction of sp³-hybridized carbons (Fsp3) is 0.370. The van der Waals surface area contributed by atoms with Crippen LogP contribution in [0.5, 0.6) is 0 Å². The summed E-state index contributed by atoms with van der Waals surface area (Å²) in [5.74, 6) is -0.583. The van der Waals surface area contributed by atoms with Gasteiger partial charge in [-0.05, 0) is 84.8 Å². The molecule has 3 aliphatic heterocycles. The molecule has 3 amide bonds. The van der Waals surface area contributed by atoms with Crippen molar-refractivity contribution in [1.82, 2.24) is 9.80 Å². The van der Waals surface area contributed by atoms with Crippen LogP contribution in [0.25, 0.3) is 6.08 Å². The smallest absolute Gasteiger partial charge is 0.294 e. The fourth-order valence-corrected chi connectivity index (χ4v) is 5.72. The maximum absolute atomic E-state index is 13.0. The van der Waals surface area contributed by atoms with E-state index in [1.807, 2.05) is 31.2 Å². The molecule has 0 atom stereocenters. The number of carbonyl (C=O) groups excluding carboxylic acids is 3. The molecule has 2 fully saturated rings. The number of fused-ring (bicyclic) bond motifs is 1. The Hall–Kier alpha value is -3.06. The highest BCUT2D eigenvalue weighted by atomic mass is 32.2. The molecule has 3 aliphatic rings. The zero-order chi connectivity index (χ0) is 23.7. The number of piperidine rings is 1. The van der Waals surface area contributed by atoms with Gasteiger partial charge in [-0.2, -0.15) is 0 Å². The topological polar surface area (TPSA) is 60.9 Å². The van der Waals surface area contributed by atoms with Crippen LogP contribution in [0.15, 0.2) is 47.4 Å². The van der Waals surface area contributed by atoms with Crippen molar-refractivity contribution in [3.05, 3.63) is 69.6 Å². The van der Waals surface area contributed by atoms with E-state index in [1.165, 1.54) is 30.5 Å². The summed E-state index contributed by atoms with van der Waals surface area (Å²) in [4.78, 5) is 44.1. The lowest BCUT2D eigenvalue weighted by molar-refractivity contribution is -0.136. The molecule has 7 heteroatoms. The number of rotatable bonds is 4. The van der Waals surface area contributed by atoms with Crippen LogP contribution in [0.3, 0.4) is 0 Å². The largest absolute Gasteiger partial charge is 0.372 e. The molecule has 176 valence electrons. The van der Waals surface area contributed by atoms with E-state index in [4.69, 9.17) is 0 Å². The molecular weight excluding hydrogens is 446 g/mol. The lowest BCUT2D eigenvalue weighted by Gasteiger charge is -2.29. The first-order valence-corrected chi connectivity index (χ1v) is 12.8. The van der Waals surface area contributed by atoms with Gasteiger partial charge in [0.2, 0.25) is 5.91 Å². The number of benzene rings is 2. The second kappa shape index (κ2) is 9.66. The van der Waals surface area contributed by atoms with Crippen molar-refractivity contribution in [3.8, 4) is 0 Å². The number of thioether (sulfide) groups is 1. The molecular formula is C27H29N3O3S. The highest BCUT2D eigenvalue weighted by molar-refractivity contribution is 8.18. The summed E-state index contributed by atoms with van der Waals surface area (Å²) in [7, 11) is 0. The molecule has 0 radical (unpaired) electrons. The summed E-state index contributed by atoms with van der Waals surface area (Å²) >= 11 is 0.912. The minimum absolute atomic E-state index is 0.194. The minimum Gasteiger partial charge on any atom is -0.372 e. The Morgan fingerprint density at radius 2 is 1.76 bits per heavy atom. The zero-order valence-corrected chi connectivity index (χ0v) is 20.3. The number of hydrogen-bond acceptors (Lipinski definition) is 5. The summed E-state index contributed by atoms with van der Waals surface area (Å²) in [5.41, 5.74) is 5.57. The molecule has 34 heavy (non-hydrogen) atoms. The maximum atomic E-state index is 13.0. The highest BCUT2D eigenvalue weighted by Crippen LogP contribution is 2.33. The van der Waals surface area contributed by atoms with E-state index in [0.29, 0.717) is 18.0 Å². The van der Waals surface area contributed by atoms with Gasteiger partial charge in [-0.15, -0.1) is 0 Å². The van der Waals surface area contributed by atoms with Gasteiger partial charge in [0.05, 0.1) is 4.91 Å². The van der Waals surface area contributed by atoms with Crippen molar-refractivity contribution < 1.29 is 14.4 Å². The van der Waals surface area contributed by atoms with Gasteiger partial charge in [-0.1, -0.05) is 30.3 Å². The number of anilines is 1. The van der Waals surface area contributed by atoms with Crippen LogP contribution < -0.4 is 4.90 Å². The van der Waals surface area contributed by atoms with E-state index >= 15 is 0 Å². The van der Waals surface area contributed by atoms with Gasteiger partial charge < -0.3 is 9.80 Å². The van der Waals surface area contributed by atoms with Crippen molar-refractivity contribution in [2.45, 2.75) is 39.2 Å². The fourth-order valence-electron chi connectivity index (χ4n) is 4.89. The molecule has 2 aromatic carbocycles. The van der Waals surface area contributed by atoms with Crippen molar-refractivity contribution in [1.29, 1.82) is 0 Å². The molecule has 0 unspecified atom stereocenters. The number of imide groups is 1. The summed E-state index contributed by atoms with van der Waals surface area (Å²) in [6, 6.07) is 14.3. The van der Waals surface area contributed by atoms with Gasteiger partial charge in [0, 0.05) is 31.9 Å². The third-order valence-corrected chi connectivity index (χ3v) is 7.82. The zero-order valence-electron chi connectivity index (χ0n) is 19.5. The molecule has 0 saturated carbocycles. The normalized spacial score (nSPS) is 19.7. The second-order valence-corrected chi connectivity index (χ2v) is 10.2. The number of hydrogen-bond donors (Lipinski definition) is 0. The van der Waals surface area contributed by atoms with E-state index < -0.39 is 0 Å². The molecule has 6 nitrogen and oxygen atoms in total. The molecule has 0 aliphatic carbocycles. The molecule has 3 heterocycles. The van der Waals surface area contributed by atoms with Gasteiger partial charge in [0.25, 0.3) is 11.1 Å². The SMILES string of the molecule is Cc1cc(N2CCCCC2)ccc1C=C1SC(=O)N(CC(=O)N2CCc3ccccc3C2)C1=O. The third-order valence-electron chi connectivity index (χ3n) is 6.91. The highest BCUT2D eigenvalue weighted by Gasteiger charge is 2.37. The quantitative estimate of drug-likeness (QED) is 0.605. The number of carbonyl (C=O) groups is 3. The Balaban J connectivity index is 1.26. The Labute approximate surface area is 204 Å². The Morgan fingerprint density at radius 1 is 1.00 bits per heavy atom. The molecule has 0 spiro atoms. The van der Waals surface area contributed by atoms with Crippen molar-refractivity contribution in [3.63, 3.8) is 0 Å². The van der Waals surface area contributed by atoms with E-state index in [1.54, 1.807) is 11.0 Å². The monoisotopic (exact) mass is 475 g/mol. The first-order valence-electron chi connectivity index (χ1n) is 11.9. The van der Waals surface area contributed by atoms with Crippen molar-refractivity contribution in [2.24, 2.45) is 0 Å². The van der Waals surface area contributed by atoms with Gasteiger partial charge in [0.15, 0.2) is 0 Å². The predicted octanol–water partition coefficient (Wildman–Crippen LogP) is 4.61. The first-order chi connectivity index (χ1) is 16.5. The molecule has 2 aromatic rings. The average Bonchev–Trinajstić information content (AvgIpc) is 3.12. The van der Waals surface area contributed by atoms with Crippen LogP contribution in [0.1, 0.15) is 41.5 Å². The number of aryl methyl sites for hydroxylation is 1. The maximum Gasteiger partial charge on any atom is 0.294 e. The summed E-state index contributed by atoms with van der Waals surface area (Å²) in [6.07, 6.45) is 6.29. The van der Waals surface area contributed by atoms with Crippen LogP contribution in [0.4, 0.5) is 10.5 Å². The van der Waals surface area contributed by atoms with E-state index in [0.717, 1.165) is 52.9 Å². The van der Waals surface area contributed by atoms with Gasteiger partial charge in [-0.25, -0.2) is 0 Å². The number of nitrogens with zero attached hydrogens (tertiary/aromatic N) is 3. The van der Waals surface area contributed by atoms with Crippen LogP contribution in [0, 0.1) is 6.92 Å². The Morgan fingerprint density at radius 3 is 2.53 bits per heavy atom. The Bertz CT molecular complexity index is 1170. The van der Waals surface area contributed by atoms with E-state index in [-0.39, 0.29) is 23.6 Å². The minimum atomic E-state index is -0.389. The average molecular weight is 476 g/mol. The van der Waals surface area contributed by atoms with E-state index in [9.17, 15) is 14.4 Å². The molecule has 0 N–H and O–H groups in total. The van der Waals surface area contributed by atoms with Crippen LogP contribution in [-0.2, 0) is 22.6 Å². The summed E-state index contributed by atoms with van der Waals surface area (Å²) in [6.45, 7) is 5.09. The first kappa shape index (κ1) is 22.7. The number of amides is 3. The van der Waals surface area contributed by atoms with Gasteiger partial charge in [0.1, 0.15) is 6.54 Å². The van der Waals surface area contributed by atoms with Gasteiger partial charge in [-0.3, -0.25) is 19.3 Å². The molecule has 0 bridgehead atoms. The lowest BCUT2D eigenvalue weighted by atomic mass is 10.00. The van der Waals surface area contributed by atoms with Crippen molar-refractivity contribution >= 4 is 40.6 Å². The van der Waals surface area contributed by atoms with E-state index in [2.05, 4.69) is 23.1 Å². The molecule has 5 rings (SSSR count). The summed E-state index contributed by atoms with van der Waals surface area (Å²) < 4.78 is 0. The molecule has 0 aromatic heterocycles. The molecule has 2 saturated heterocycles. The van der Waals surface area contributed by atoms with Crippen molar-refractivity contribution in [2.75, 3.05) is 31.1 Å². The second-order valence-electron chi connectivity index (χ2n) is 9.19.